The van der Waals surface area contributed by atoms with Gasteiger partial charge in [0.15, 0.2) is 0 Å². The maximum Gasteiger partial charge on any atom is 0.227 e. The number of aryl methyl sites for hydroxylation is 4. The van der Waals surface area contributed by atoms with Crippen LogP contribution in [0.4, 0.5) is 10.1 Å². The number of amides is 2. The summed E-state index contributed by atoms with van der Waals surface area (Å²) in [6, 6.07) is 17.5. The lowest BCUT2D eigenvalue weighted by molar-refractivity contribution is -0.119. The summed E-state index contributed by atoms with van der Waals surface area (Å²) in [7, 11) is 4.28. The minimum Gasteiger partial charge on any atom is -0.361 e. The number of halogens is 2. The van der Waals surface area contributed by atoms with Gasteiger partial charge in [0.05, 0.1) is 50.6 Å². The number of benzene rings is 3. The van der Waals surface area contributed by atoms with Gasteiger partial charge in [0.25, 0.3) is 0 Å². The molecule has 0 aliphatic carbocycles. The van der Waals surface area contributed by atoms with Crippen molar-refractivity contribution in [3.05, 3.63) is 100.0 Å². The lowest BCUT2D eigenvalue weighted by Crippen LogP contribution is -2.30. The molecular formula is C48H52ClFN10O4. The maximum absolute atomic E-state index is 14.4. The van der Waals surface area contributed by atoms with Crippen LogP contribution in [-0.2, 0) is 9.59 Å². The van der Waals surface area contributed by atoms with Crippen molar-refractivity contribution in [2.24, 2.45) is 0 Å². The Balaban J connectivity index is 0.000000156. The largest absolute Gasteiger partial charge is 0.361 e. The molecule has 0 saturated carbocycles. The molecule has 0 bridgehead atoms. The lowest BCUT2D eigenvalue weighted by Gasteiger charge is -2.27. The Kier molecular flexibility index (Phi) is 10.9. The highest BCUT2D eigenvalue weighted by Gasteiger charge is 2.39. The van der Waals surface area contributed by atoms with Crippen LogP contribution in [0.15, 0.2) is 63.6 Å². The Hall–Kier alpha value is -5.90. The number of fused-ring (bicyclic) bond motifs is 2. The van der Waals surface area contributed by atoms with Crippen molar-refractivity contribution >= 4 is 51.2 Å². The molecule has 0 spiro atoms. The van der Waals surface area contributed by atoms with Crippen LogP contribution in [0.2, 0.25) is 5.02 Å². The smallest absolute Gasteiger partial charge is 0.227 e. The fourth-order valence-electron chi connectivity index (χ4n) is 10.5. The number of rotatable bonds is 7. The number of likely N-dealkylation sites (N-methyl/N-ethyl adjacent to an activating group) is 2. The number of imidazole rings is 2. The van der Waals surface area contributed by atoms with Crippen molar-refractivity contribution < 1.29 is 23.0 Å². The van der Waals surface area contributed by atoms with Crippen LogP contribution in [0.3, 0.4) is 0 Å². The number of carbonyl (C=O) groups excluding carboxylic acids is 2. The van der Waals surface area contributed by atoms with E-state index in [2.05, 4.69) is 85.1 Å². The predicted octanol–water partition coefficient (Wildman–Crippen LogP) is 8.98. The molecule has 14 nitrogen and oxygen atoms in total. The molecule has 7 aromatic rings. The molecule has 2 unspecified atom stereocenters. The second kappa shape index (κ2) is 16.6. The van der Waals surface area contributed by atoms with Gasteiger partial charge in [0, 0.05) is 54.8 Å². The lowest BCUT2D eigenvalue weighted by atomic mass is 10.0. The standard InChI is InChI=1S/C27H27ClFN5O2.C21H25N5O2/c1-15-26(16(2)36-31-15)17-4-7-23-22(12-17)30-27(34(23)19-10-11-32(3)14-19)24-8-9-25(35)33(24)18-5-6-20(28)21(29)13-18;1-12-20(13(2)28-24-12)14-4-6-18-17(10-14)23-21(16-5-7-19(27)22-16)26(18)15-8-9-25(3)11-15/h4-7,12-13,19,24H,8-11,14H2,1-3H3;4,6,10,15-16H,5,7-9,11H2,1-3H3,(H,22,27)/t19?,24-;15?,16-/m00/s1. The fourth-order valence-corrected chi connectivity index (χ4v) is 10.6. The topological polar surface area (TPSA) is 144 Å². The molecule has 4 aliphatic heterocycles. The molecule has 16 heteroatoms. The first-order valence-electron chi connectivity index (χ1n) is 22.2. The number of hydrogen-bond donors (Lipinski definition) is 1. The minimum absolute atomic E-state index is 0.00618. The molecule has 2 amide bonds. The zero-order chi connectivity index (χ0) is 44.6. The van der Waals surface area contributed by atoms with Gasteiger partial charge in [0.1, 0.15) is 29.0 Å². The van der Waals surface area contributed by atoms with Gasteiger partial charge in [-0.2, -0.15) is 0 Å². The average Bonchev–Trinajstić information content (AvgIpc) is 4.14. The molecule has 4 saturated heterocycles. The van der Waals surface area contributed by atoms with Crippen molar-refractivity contribution in [2.75, 3.05) is 45.2 Å². The van der Waals surface area contributed by atoms with Gasteiger partial charge in [-0.15, -0.1) is 0 Å². The van der Waals surface area contributed by atoms with Gasteiger partial charge in [0.2, 0.25) is 11.8 Å². The third-order valence-corrected chi connectivity index (χ3v) is 13.8. The van der Waals surface area contributed by atoms with Crippen LogP contribution in [0.25, 0.3) is 44.3 Å². The molecule has 1 N–H and O–H groups in total. The van der Waals surface area contributed by atoms with E-state index in [1.54, 1.807) is 11.0 Å². The van der Waals surface area contributed by atoms with Crippen LogP contribution in [0.1, 0.15) is 97.2 Å². The van der Waals surface area contributed by atoms with Gasteiger partial charge in [-0.25, -0.2) is 14.4 Å². The van der Waals surface area contributed by atoms with Crippen LogP contribution < -0.4 is 10.2 Å². The molecule has 4 fully saturated rings. The highest BCUT2D eigenvalue weighted by atomic mass is 35.5. The van der Waals surface area contributed by atoms with Gasteiger partial charge in [-0.1, -0.05) is 34.0 Å². The summed E-state index contributed by atoms with van der Waals surface area (Å²) in [5.74, 6) is 2.93. The second-order valence-electron chi connectivity index (χ2n) is 18.0. The summed E-state index contributed by atoms with van der Waals surface area (Å²) in [4.78, 5) is 41.4. The Bertz CT molecular complexity index is 2910. The van der Waals surface area contributed by atoms with Crippen LogP contribution >= 0.6 is 11.6 Å². The number of nitrogens with one attached hydrogen (secondary N) is 1. The molecule has 332 valence electrons. The van der Waals surface area contributed by atoms with Gasteiger partial charge < -0.3 is 38.2 Å². The van der Waals surface area contributed by atoms with E-state index in [0.717, 1.165) is 124 Å². The van der Waals surface area contributed by atoms with Gasteiger partial charge >= 0.3 is 0 Å². The van der Waals surface area contributed by atoms with E-state index in [4.69, 9.17) is 30.6 Å². The third-order valence-electron chi connectivity index (χ3n) is 13.5. The third kappa shape index (κ3) is 7.46. The molecule has 4 aromatic heterocycles. The molecule has 8 heterocycles. The Morgan fingerprint density at radius 1 is 0.703 bits per heavy atom. The van der Waals surface area contributed by atoms with Crippen molar-refractivity contribution in [1.82, 2.24) is 44.5 Å². The molecule has 3 aromatic carbocycles. The zero-order valence-electron chi connectivity index (χ0n) is 37.0. The second-order valence-corrected chi connectivity index (χ2v) is 18.4. The SMILES string of the molecule is Cc1noc(C)c1-c1ccc2c(c1)nc([C@@H]1CCC(=O)N1)n2C1CCN(C)C1.Cc1noc(C)c1-c1ccc2c(c1)nc([C@@H]1CCC(=O)N1c1ccc(Cl)c(F)c1)n2C1CCN(C)C1. The molecule has 64 heavy (non-hydrogen) atoms. The first-order valence-corrected chi connectivity index (χ1v) is 22.5. The summed E-state index contributed by atoms with van der Waals surface area (Å²) >= 11 is 5.92. The van der Waals surface area contributed by atoms with Crippen LogP contribution in [0, 0.1) is 33.5 Å². The minimum atomic E-state index is -0.539. The van der Waals surface area contributed by atoms with Crippen LogP contribution in [0.5, 0.6) is 0 Å². The molecule has 0 radical (unpaired) electrons. The Morgan fingerprint density at radius 2 is 1.27 bits per heavy atom. The van der Waals surface area contributed by atoms with E-state index >= 15 is 0 Å². The molecule has 4 aliphatic rings. The van der Waals surface area contributed by atoms with Crippen molar-refractivity contribution in [2.45, 2.75) is 90.4 Å². The molecule has 11 rings (SSSR count). The molecular weight excluding hydrogens is 835 g/mol. The van der Waals surface area contributed by atoms with E-state index in [1.807, 2.05) is 27.7 Å². The monoisotopic (exact) mass is 886 g/mol. The van der Waals surface area contributed by atoms with E-state index < -0.39 is 5.82 Å². The van der Waals surface area contributed by atoms with Crippen molar-refractivity contribution in [3.63, 3.8) is 0 Å². The average molecular weight is 887 g/mol. The fraction of sp³-hybridized carbons (Fsp3) is 0.417. The number of anilines is 1. The highest BCUT2D eigenvalue weighted by Crippen LogP contribution is 2.42. The van der Waals surface area contributed by atoms with E-state index in [9.17, 15) is 14.0 Å². The highest BCUT2D eigenvalue weighted by molar-refractivity contribution is 6.30. The number of hydrogen-bond acceptors (Lipinski definition) is 10. The summed E-state index contributed by atoms with van der Waals surface area (Å²) in [5.41, 5.74) is 10.3. The van der Waals surface area contributed by atoms with Crippen LogP contribution in [-0.4, -0.2) is 91.3 Å². The normalized spacial score (nSPS) is 21.8. The molecule has 4 atom stereocenters. The first kappa shape index (κ1) is 42.1. The summed E-state index contributed by atoms with van der Waals surface area (Å²) < 4.78 is 29.8. The zero-order valence-corrected chi connectivity index (χ0v) is 37.7. The summed E-state index contributed by atoms with van der Waals surface area (Å²) in [6.45, 7) is 11.7. The number of likely N-dealkylation sites (tertiary alicyclic amines) is 2. The summed E-state index contributed by atoms with van der Waals surface area (Å²) in [5, 5.41) is 11.3. The quantitative estimate of drug-likeness (QED) is 0.165. The van der Waals surface area contributed by atoms with Crippen molar-refractivity contribution in [3.8, 4) is 22.3 Å². The Labute approximate surface area is 375 Å². The maximum atomic E-state index is 14.4. The summed E-state index contributed by atoms with van der Waals surface area (Å²) in [6.07, 6.45) is 4.47. The Morgan fingerprint density at radius 3 is 1.75 bits per heavy atom. The number of carbonyl (C=O) groups is 2. The van der Waals surface area contributed by atoms with E-state index in [-0.39, 0.29) is 35.0 Å². The van der Waals surface area contributed by atoms with Crippen molar-refractivity contribution in [1.29, 1.82) is 0 Å². The van der Waals surface area contributed by atoms with Gasteiger partial charge in [-0.05, 0) is 134 Å². The van der Waals surface area contributed by atoms with E-state index in [0.29, 0.717) is 31.0 Å². The number of nitrogens with zero attached hydrogens (tertiary/aromatic N) is 9. The predicted molar refractivity (Wildman–Crippen MR) is 243 cm³/mol. The number of aromatic nitrogens is 6. The van der Waals surface area contributed by atoms with E-state index in [1.165, 1.54) is 12.1 Å². The first-order chi connectivity index (χ1) is 30.8. The van der Waals surface area contributed by atoms with Gasteiger partial charge in [-0.3, -0.25) is 9.59 Å².